The maximum Gasteiger partial charge on any atom is 0.274 e. The second-order valence-corrected chi connectivity index (χ2v) is 6.79. The molecule has 1 aliphatic heterocycles. The van der Waals surface area contributed by atoms with Gasteiger partial charge in [-0.1, -0.05) is 12.1 Å². The first-order valence-corrected chi connectivity index (χ1v) is 9.37. The minimum absolute atomic E-state index is 0.218. The molecule has 0 aliphatic carbocycles. The molecule has 1 fully saturated rings. The van der Waals surface area contributed by atoms with Crippen LogP contribution in [-0.2, 0) is 0 Å². The molecule has 1 aliphatic rings. The van der Waals surface area contributed by atoms with E-state index in [9.17, 15) is 13.6 Å². The second kappa shape index (κ2) is 8.26. The van der Waals surface area contributed by atoms with Crippen LogP contribution in [0.1, 0.15) is 10.5 Å². The quantitative estimate of drug-likeness (QED) is 0.728. The topological polar surface area (TPSA) is 48.5 Å². The lowest BCUT2D eigenvalue weighted by Gasteiger charge is -2.37. The average Bonchev–Trinajstić information content (AvgIpc) is 2.76. The smallest absolute Gasteiger partial charge is 0.274 e. The van der Waals surface area contributed by atoms with Crippen molar-refractivity contribution in [1.82, 2.24) is 4.98 Å². The third kappa shape index (κ3) is 4.34. The first-order chi connectivity index (χ1) is 14.1. The van der Waals surface area contributed by atoms with Crippen LogP contribution in [0.4, 0.5) is 25.8 Å². The molecule has 0 unspecified atom stereocenters. The lowest BCUT2D eigenvalue weighted by atomic mass is 10.2. The van der Waals surface area contributed by atoms with E-state index in [1.165, 1.54) is 30.3 Å². The number of anilines is 3. The zero-order valence-corrected chi connectivity index (χ0v) is 15.7. The number of halogens is 2. The summed E-state index contributed by atoms with van der Waals surface area (Å²) in [5, 5.41) is 2.71. The van der Waals surface area contributed by atoms with Gasteiger partial charge in [-0.25, -0.2) is 8.78 Å². The zero-order valence-electron chi connectivity index (χ0n) is 15.7. The summed E-state index contributed by atoms with van der Waals surface area (Å²) in [6.45, 7) is 2.77. The highest BCUT2D eigenvalue weighted by Gasteiger charge is 2.20. The van der Waals surface area contributed by atoms with E-state index < -0.39 is 0 Å². The van der Waals surface area contributed by atoms with Crippen molar-refractivity contribution in [2.75, 3.05) is 41.3 Å². The number of nitrogens with one attached hydrogen (secondary N) is 1. The van der Waals surface area contributed by atoms with Gasteiger partial charge in [-0.3, -0.25) is 9.78 Å². The number of rotatable bonds is 4. The van der Waals surface area contributed by atoms with Crippen molar-refractivity contribution < 1.29 is 13.6 Å². The predicted octanol–water partition coefficient (Wildman–Crippen LogP) is 3.94. The van der Waals surface area contributed by atoms with Crippen molar-refractivity contribution in [3.8, 4) is 0 Å². The molecule has 1 saturated heterocycles. The minimum atomic E-state index is -0.363. The van der Waals surface area contributed by atoms with E-state index in [1.807, 2.05) is 17.0 Å². The molecule has 29 heavy (non-hydrogen) atoms. The van der Waals surface area contributed by atoms with Crippen molar-refractivity contribution in [2.24, 2.45) is 0 Å². The molecule has 0 spiro atoms. The van der Waals surface area contributed by atoms with E-state index in [-0.39, 0.29) is 23.2 Å². The molecule has 7 heteroatoms. The first kappa shape index (κ1) is 18.9. The summed E-state index contributed by atoms with van der Waals surface area (Å²) < 4.78 is 27.0. The fraction of sp³-hybridized carbons (Fsp3) is 0.182. The molecule has 0 atom stereocenters. The summed E-state index contributed by atoms with van der Waals surface area (Å²) in [6.07, 6.45) is 1.60. The normalized spacial score (nSPS) is 14.0. The SMILES string of the molecule is O=C(Nc1ccc(F)cc1)c1cc(N2CCN(c3ccccc3F)CC2)ccn1. The Labute approximate surface area is 167 Å². The van der Waals surface area contributed by atoms with Crippen molar-refractivity contribution in [2.45, 2.75) is 0 Å². The molecule has 4 rings (SSSR count). The van der Waals surface area contributed by atoms with Gasteiger partial charge in [0.2, 0.25) is 0 Å². The van der Waals surface area contributed by atoms with Crippen molar-refractivity contribution >= 4 is 23.0 Å². The van der Waals surface area contributed by atoms with Crippen LogP contribution in [0.2, 0.25) is 0 Å². The van der Waals surface area contributed by atoms with Crippen LogP contribution in [-0.4, -0.2) is 37.1 Å². The highest BCUT2D eigenvalue weighted by Crippen LogP contribution is 2.23. The van der Waals surface area contributed by atoms with Gasteiger partial charge in [-0.2, -0.15) is 0 Å². The van der Waals surface area contributed by atoms with Crippen LogP contribution in [0, 0.1) is 11.6 Å². The molecule has 148 valence electrons. The third-order valence-corrected chi connectivity index (χ3v) is 4.92. The molecule has 0 radical (unpaired) electrons. The Balaban J connectivity index is 1.42. The van der Waals surface area contributed by atoms with E-state index >= 15 is 0 Å². The summed E-state index contributed by atoms with van der Waals surface area (Å²) in [5.41, 5.74) is 2.28. The van der Waals surface area contributed by atoms with Gasteiger partial charge < -0.3 is 15.1 Å². The van der Waals surface area contributed by atoms with Gasteiger partial charge in [-0.15, -0.1) is 0 Å². The largest absolute Gasteiger partial charge is 0.368 e. The number of para-hydroxylation sites is 1. The number of carbonyl (C=O) groups excluding carboxylic acids is 1. The van der Waals surface area contributed by atoms with Gasteiger partial charge >= 0.3 is 0 Å². The Bertz CT molecular complexity index is 1000. The van der Waals surface area contributed by atoms with Crippen molar-refractivity contribution in [3.63, 3.8) is 0 Å². The van der Waals surface area contributed by atoms with Crippen LogP contribution < -0.4 is 15.1 Å². The number of hydrogen-bond acceptors (Lipinski definition) is 4. The molecule has 1 amide bonds. The van der Waals surface area contributed by atoms with Gasteiger partial charge in [0.05, 0.1) is 5.69 Å². The minimum Gasteiger partial charge on any atom is -0.368 e. The van der Waals surface area contributed by atoms with Crippen LogP contribution in [0.5, 0.6) is 0 Å². The Morgan fingerprint density at radius 3 is 2.31 bits per heavy atom. The summed E-state index contributed by atoms with van der Waals surface area (Å²) in [6, 6.07) is 15.9. The van der Waals surface area contributed by atoms with Gasteiger partial charge in [0.25, 0.3) is 5.91 Å². The number of benzene rings is 2. The van der Waals surface area contributed by atoms with Gasteiger partial charge in [-0.05, 0) is 48.5 Å². The Morgan fingerprint density at radius 1 is 0.897 bits per heavy atom. The molecule has 2 aromatic carbocycles. The summed E-state index contributed by atoms with van der Waals surface area (Å²) in [5.74, 6) is -0.939. The van der Waals surface area contributed by atoms with E-state index in [2.05, 4.69) is 15.2 Å². The number of nitrogens with zero attached hydrogens (tertiary/aromatic N) is 3. The van der Waals surface area contributed by atoms with E-state index in [4.69, 9.17) is 0 Å². The fourth-order valence-corrected chi connectivity index (χ4v) is 3.38. The average molecular weight is 394 g/mol. The molecular formula is C22H20F2N4O. The first-order valence-electron chi connectivity index (χ1n) is 9.37. The molecular weight excluding hydrogens is 374 g/mol. The van der Waals surface area contributed by atoms with Crippen molar-refractivity contribution in [1.29, 1.82) is 0 Å². The van der Waals surface area contributed by atoms with Crippen LogP contribution in [0.3, 0.4) is 0 Å². The monoisotopic (exact) mass is 394 g/mol. The molecule has 0 bridgehead atoms. The number of hydrogen-bond donors (Lipinski definition) is 1. The Kier molecular flexibility index (Phi) is 5.37. The zero-order chi connectivity index (χ0) is 20.2. The molecule has 1 N–H and O–H groups in total. The second-order valence-electron chi connectivity index (χ2n) is 6.79. The number of pyridine rings is 1. The number of aromatic nitrogens is 1. The van der Waals surface area contributed by atoms with Gasteiger partial charge in [0.1, 0.15) is 17.3 Å². The molecule has 2 heterocycles. The summed E-state index contributed by atoms with van der Waals surface area (Å²) in [4.78, 5) is 20.8. The van der Waals surface area contributed by atoms with E-state index in [1.54, 1.807) is 24.4 Å². The number of carbonyl (C=O) groups is 1. The maximum atomic E-state index is 14.0. The molecule has 1 aromatic heterocycles. The molecule has 5 nitrogen and oxygen atoms in total. The fourth-order valence-electron chi connectivity index (χ4n) is 3.38. The number of amides is 1. The lowest BCUT2D eigenvalue weighted by molar-refractivity contribution is 0.102. The molecule has 0 saturated carbocycles. The third-order valence-electron chi connectivity index (χ3n) is 4.92. The van der Waals surface area contributed by atoms with Crippen LogP contribution in [0.25, 0.3) is 0 Å². The Hall–Kier alpha value is -3.48. The number of piperazine rings is 1. The molecule has 3 aromatic rings. The van der Waals surface area contributed by atoms with Crippen LogP contribution in [0.15, 0.2) is 66.9 Å². The van der Waals surface area contributed by atoms with Gasteiger partial charge in [0.15, 0.2) is 0 Å². The van der Waals surface area contributed by atoms with E-state index in [0.717, 1.165) is 5.69 Å². The van der Waals surface area contributed by atoms with Crippen LogP contribution >= 0.6 is 0 Å². The maximum absolute atomic E-state index is 14.0. The summed E-state index contributed by atoms with van der Waals surface area (Å²) >= 11 is 0. The summed E-state index contributed by atoms with van der Waals surface area (Å²) in [7, 11) is 0. The lowest BCUT2D eigenvalue weighted by Crippen LogP contribution is -2.46. The van der Waals surface area contributed by atoms with Gasteiger partial charge in [0, 0.05) is 43.8 Å². The highest BCUT2D eigenvalue weighted by atomic mass is 19.1. The van der Waals surface area contributed by atoms with E-state index in [0.29, 0.717) is 37.6 Å². The predicted molar refractivity (Wildman–Crippen MR) is 109 cm³/mol. The highest BCUT2D eigenvalue weighted by molar-refractivity contribution is 6.03. The Morgan fingerprint density at radius 2 is 1.59 bits per heavy atom. The standard InChI is InChI=1S/C22H20F2N4O/c23-16-5-7-17(8-6-16)26-22(29)20-15-18(9-10-25-20)27-11-13-28(14-12-27)21-4-2-1-3-19(21)24/h1-10,15H,11-14H2,(H,26,29). The van der Waals surface area contributed by atoms with Crippen molar-refractivity contribution in [3.05, 3.63) is 84.2 Å².